The Bertz CT molecular complexity index is 1030. The molecular weight excluding hydrogens is 372 g/mol. The molecule has 30 heavy (non-hydrogen) atoms. The molecule has 2 aliphatic rings. The van der Waals surface area contributed by atoms with Crippen molar-refractivity contribution in [3.05, 3.63) is 65.4 Å². The average Bonchev–Trinajstić information content (AvgIpc) is 3.44. The van der Waals surface area contributed by atoms with E-state index in [0.717, 1.165) is 42.1 Å². The molecule has 1 saturated carbocycles. The van der Waals surface area contributed by atoms with Crippen LogP contribution in [0.1, 0.15) is 61.4 Å². The number of fused-ring (bicyclic) bond motifs is 3. The van der Waals surface area contributed by atoms with E-state index < -0.39 is 0 Å². The van der Waals surface area contributed by atoms with Gasteiger partial charge in [0.25, 0.3) is 0 Å². The average molecular weight is 403 g/mol. The molecule has 3 aromatic rings. The summed E-state index contributed by atoms with van der Waals surface area (Å²) in [5.74, 6) is 1.86. The van der Waals surface area contributed by atoms with Gasteiger partial charge in [0.2, 0.25) is 5.91 Å². The molecule has 2 heterocycles. The van der Waals surface area contributed by atoms with Crippen LogP contribution in [0.5, 0.6) is 5.75 Å². The van der Waals surface area contributed by atoms with Gasteiger partial charge < -0.3 is 14.6 Å². The van der Waals surface area contributed by atoms with Crippen LogP contribution in [0.25, 0.3) is 10.9 Å². The van der Waals surface area contributed by atoms with Crippen LogP contribution in [0.15, 0.2) is 48.5 Å². The highest BCUT2D eigenvalue weighted by atomic mass is 16.5. The highest BCUT2D eigenvalue weighted by Crippen LogP contribution is 2.39. The van der Waals surface area contributed by atoms with Gasteiger partial charge in [-0.05, 0) is 48.1 Å². The molecular formula is C26H30N2O2. The summed E-state index contributed by atoms with van der Waals surface area (Å²) in [6.45, 7) is 0.773. The Morgan fingerprint density at radius 2 is 1.87 bits per heavy atom. The largest absolute Gasteiger partial charge is 0.497 e. The second kappa shape index (κ2) is 8.17. The van der Waals surface area contributed by atoms with Gasteiger partial charge in [-0.15, -0.1) is 0 Å². The Morgan fingerprint density at radius 1 is 1.10 bits per heavy atom. The van der Waals surface area contributed by atoms with E-state index in [9.17, 15) is 4.79 Å². The standard InChI is InChI=1S/C26H30N2O2/c1-30-20-13-11-19(12-14-20)26-25-22(21-8-4-5-9-23(21)27-25)16-17-28(26)24(29)15-10-18-6-2-3-7-18/h4-5,8-9,11-14,18,26-27H,2-3,6-7,10,15-17H2,1H3/t26-/m0/s1. The summed E-state index contributed by atoms with van der Waals surface area (Å²) in [5.41, 5.74) is 4.81. The lowest BCUT2D eigenvalue weighted by molar-refractivity contribution is -0.133. The normalized spacial score (nSPS) is 19.2. The summed E-state index contributed by atoms with van der Waals surface area (Å²) < 4.78 is 5.36. The SMILES string of the molecule is COc1ccc([C@H]2c3[nH]c4ccccc4c3CCN2C(=O)CCC2CCCC2)cc1. The Labute approximate surface area is 178 Å². The van der Waals surface area contributed by atoms with Crippen LogP contribution in [-0.2, 0) is 11.2 Å². The van der Waals surface area contributed by atoms with Crippen molar-refractivity contribution >= 4 is 16.8 Å². The molecule has 0 bridgehead atoms. The van der Waals surface area contributed by atoms with Crippen LogP contribution in [0, 0.1) is 5.92 Å². The van der Waals surface area contributed by atoms with Gasteiger partial charge in [0.15, 0.2) is 0 Å². The number of rotatable bonds is 5. The van der Waals surface area contributed by atoms with Gasteiger partial charge in [-0.25, -0.2) is 0 Å². The van der Waals surface area contributed by atoms with Crippen LogP contribution in [-0.4, -0.2) is 29.4 Å². The molecule has 5 rings (SSSR count). The molecule has 156 valence electrons. The molecule has 0 unspecified atom stereocenters. The van der Waals surface area contributed by atoms with Crippen LogP contribution in [0.2, 0.25) is 0 Å². The molecule has 2 aromatic carbocycles. The zero-order chi connectivity index (χ0) is 20.5. The second-order valence-corrected chi connectivity index (χ2v) is 8.76. The molecule has 1 N–H and O–H groups in total. The van der Waals surface area contributed by atoms with E-state index in [1.165, 1.54) is 42.3 Å². The number of carbonyl (C=O) groups excluding carboxylic acids is 1. The molecule has 1 amide bonds. The fraction of sp³-hybridized carbons (Fsp3) is 0.423. The number of nitrogens with zero attached hydrogens (tertiary/aromatic N) is 1. The monoisotopic (exact) mass is 402 g/mol. The van der Waals surface area contributed by atoms with E-state index >= 15 is 0 Å². The zero-order valence-electron chi connectivity index (χ0n) is 17.7. The lowest BCUT2D eigenvalue weighted by atomic mass is 9.91. The van der Waals surface area contributed by atoms with E-state index in [1.807, 2.05) is 12.1 Å². The number of aromatic nitrogens is 1. The maximum atomic E-state index is 13.4. The number of hydrogen-bond acceptors (Lipinski definition) is 2. The summed E-state index contributed by atoms with van der Waals surface area (Å²) in [4.78, 5) is 19.1. The molecule has 0 saturated heterocycles. The number of ether oxygens (including phenoxy) is 1. The van der Waals surface area contributed by atoms with Crippen molar-refractivity contribution in [1.29, 1.82) is 0 Å². The summed E-state index contributed by atoms with van der Waals surface area (Å²) in [6.07, 6.45) is 7.84. The number of carbonyl (C=O) groups is 1. The Morgan fingerprint density at radius 3 is 2.63 bits per heavy atom. The summed E-state index contributed by atoms with van der Waals surface area (Å²) in [6, 6.07) is 16.6. The summed E-state index contributed by atoms with van der Waals surface area (Å²) in [5, 5.41) is 1.28. The first kappa shape index (κ1) is 19.2. The van der Waals surface area contributed by atoms with Crippen molar-refractivity contribution in [3.63, 3.8) is 0 Å². The summed E-state index contributed by atoms with van der Waals surface area (Å²) in [7, 11) is 1.68. The molecule has 1 aliphatic heterocycles. The van der Waals surface area contributed by atoms with Crippen molar-refractivity contribution in [1.82, 2.24) is 9.88 Å². The number of amides is 1. The third-order valence-corrected chi connectivity index (χ3v) is 7.03. The van der Waals surface area contributed by atoms with E-state index in [2.05, 4.69) is 46.3 Å². The minimum atomic E-state index is -0.0665. The van der Waals surface area contributed by atoms with Gasteiger partial charge in [0, 0.05) is 29.6 Å². The predicted molar refractivity (Wildman–Crippen MR) is 120 cm³/mol. The fourth-order valence-corrected chi connectivity index (χ4v) is 5.41. The third-order valence-electron chi connectivity index (χ3n) is 7.03. The molecule has 4 nitrogen and oxygen atoms in total. The minimum absolute atomic E-state index is 0.0665. The van der Waals surface area contributed by atoms with Crippen molar-refractivity contribution in [2.75, 3.05) is 13.7 Å². The molecule has 1 aliphatic carbocycles. The fourth-order valence-electron chi connectivity index (χ4n) is 5.41. The van der Waals surface area contributed by atoms with E-state index in [0.29, 0.717) is 6.42 Å². The predicted octanol–water partition coefficient (Wildman–Crippen LogP) is 5.62. The number of benzene rings is 2. The molecule has 0 spiro atoms. The van der Waals surface area contributed by atoms with Gasteiger partial charge in [-0.1, -0.05) is 56.0 Å². The van der Waals surface area contributed by atoms with Crippen molar-refractivity contribution in [2.24, 2.45) is 5.92 Å². The highest BCUT2D eigenvalue weighted by Gasteiger charge is 2.34. The maximum absolute atomic E-state index is 13.4. The Kier molecular flexibility index (Phi) is 5.24. The van der Waals surface area contributed by atoms with Gasteiger partial charge in [-0.3, -0.25) is 4.79 Å². The number of aromatic amines is 1. The van der Waals surface area contributed by atoms with E-state index in [-0.39, 0.29) is 11.9 Å². The Hall–Kier alpha value is -2.75. The van der Waals surface area contributed by atoms with Crippen molar-refractivity contribution in [2.45, 2.75) is 51.0 Å². The number of H-pyrrole nitrogens is 1. The number of nitrogens with one attached hydrogen (secondary N) is 1. The van der Waals surface area contributed by atoms with Gasteiger partial charge >= 0.3 is 0 Å². The van der Waals surface area contributed by atoms with Gasteiger partial charge in [0.1, 0.15) is 5.75 Å². The first-order valence-corrected chi connectivity index (χ1v) is 11.3. The number of hydrogen-bond donors (Lipinski definition) is 1. The first-order valence-electron chi connectivity index (χ1n) is 11.3. The number of methoxy groups -OCH3 is 1. The van der Waals surface area contributed by atoms with Crippen molar-refractivity contribution in [3.8, 4) is 5.75 Å². The van der Waals surface area contributed by atoms with E-state index in [4.69, 9.17) is 4.74 Å². The second-order valence-electron chi connectivity index (χ2n) is 8.76. The smallest absolute Gasteiger partial charge is 0.223 e. The van der Waals surface area contributed by atoms with E-state index in [1.54, 1.807) is 7.11 Å². The molecule has 1 aromatic heterocycles. The third kappa shape index (κ3) is 3.49. The highest BCUT2D eigenvalue weighted by molar-refractivity contribution is 5.86. The quantitative estimate of drug-likeness (QED) is 0.602. The van der Waals surface area contributed by atoms with Crippen LogP contribution in [0.3, 0.4) is 0 Å². The number of para-hydroxylation sites is 1. The van der Waals surface area contributed by atoms with Crippen molar-refractivity contribution < 1.29 is 9.53 Å². The van der Waals surface area contributed by atoms with Gasteiger partial charge in [0.05, 0.1) is 13.2 Å². The lowest BCUT2D eigenvalue weighted by Gasteiger charge is -2.36. The Balaban J connectivity index is 1.49. The molecule has 1 fully saturated rings. The molecule has 1 atom stereocenters. The minimum Gasteiger partial charge on any atom is -0.497 e. The first-order chi connectivity index (χ1) is 14.7. The summed E-state index contributed by atoms with van der Waals surface area (Å²) >= 11 is 0. The van der Waals surface area contributed by atoms with Crippen LogP contribution in [0.4, 0.5) is 0 Å². The zero-order valence-corrected chi connectivity index (χ0v) is 17.7. The van der Waals surface area contributed by atoms with Crippen LogP contribution >= 0.6 is 0 Å². The van der Waals surface area contributed by atoms with Crippen LogP contribution < -0.4 is 4.74 Å². The molecule has 0 radical (unpaired) electrons. The molecule has 4 heteroatoms. The lowest BCUT2D eigenvalue weighted by Crippen LogP contribution is -2.40. The maximum Gasteiger partial charge on any atom is 0.223 e. The topological polar surface area (TPSA) is 45.3 Å². The van der Waals surface area contributed by atoms with Gasteiger partial charge in [-0.2, -0.15) is 0 Å².